The molecular formula is C28H32N2O3S. The summed E-state index contributed by atoms with van der Waals surface area (Å²) in [6.07, 6.45) is 4.52. The van der Waals surface area contributed by atoms with E-state index in [9.17, 15) is 9.59 Å². The maximum absolute atomic E-state index is 13.7. The van der Waals surface area contributed by atoms with Crippen molar-refractivity contribution in [2.24, 2.45) is 0 Å². The molecule has 1 aromatic heterocycles. The fraction of sp³-hybridized carbons (Fsp3) is 0.357. The van der Waals surface area contributed by atoms with Gasteiger partial charge in [-0.1, -0.05) is 60.9 Å². The standard InChI is InChI=1S/C28H32N2O3S/c1-20-9-13-22(14-10-20)27(28(32)29-23-6-3-4-7-23)30(26(31)18-25-8-5-17-34-25)19-21-11-15-24(33-2)16-12-21/h5,8-17,23,27H,3-4,6-7,18-19H2,1-2H3,(H,29,32)/t27-/m1/s1. The van der Waals surface area contributed by atoms with Crippen LogP contribution in [0.2, 0.25) is 0 Å². The lowest BCUT2D eigenvalue weighted by atomic mass is 10.0. The molecule has 5 nitrogen and oxygen atoms in total. The first-order valence-electron chi connectivity index (χ1n) is 11.8. The third-order valence-electron chi connectivity index (χ3n) is 6.39. The summed E-state index contributed by atoms with van der Waals surface area (Å²) in [6.45, 7) is 2.36. The summed E-state index contributed by atoms with van der Waals surface area (Å²) in [5.41, 5.74) is 2.89. The molecule has 4 rings (SSSR count). The van der Waals surface area contributed by atoms with Crippen LogP contribution < -0.4 is 10.1 Å². The van der Waals surface area contributed by atoms with Gasteiger partial charge in [0.05, 0.1) is 13.5 Å². The molecular weight excluding hydrogens is 444 g/mol. The second kappa shape index (κ2) is 11.3. The van der Waals surface area contributed by atoms with E-state index in [1.165, 1.54) is 0 Å². The minimum Gasteiger partial charge on any atom is -0.497 e. The van der Waals surface area contributed by atoms with Crippen molar-refractivity contribution in [2.75, 3.05) is 7.11 Å². The molecule has 34 heavy (non-hydrogen) atoms. The fourth-order valence-corrected chi connectivity index (χ4v) is 5.18. The largest absolute Gasteiger partial charge is 0.497 e. The van der Waals surface area contributed by atoms with E-state index in [0.29, 0.717) is 6.54 Å². The summed E-state index contributed by atoms with van der Waals surface area (Å²) in [4.78, 5) is 30.1. The Labute approximate surface area is 205 Å². The highest BCUT2D eigenvalue weighted by atomic mass is 32.1. The highest BCUT2D eigenvalue weighted by Crippen LogP contribution is 2.28. The van der Waals surface area contributed by atoms with E-state index in [4.69, 9.17) is 4.74 Å². The zero-order valence-electron chi connectivity index (χ0n) is 19.8. The summed E-state index contributed by atoms with van der Waals surface area (Å²) in [5.74, 6) is 0.587. The summed E-state index contributed by atoms with van der Waals surface area (Å²) < 4.78 is 5.29. The van der Waals surface area contributed by atoms with Gasteiger partial charge in [0.15, 0.2) is 0 Å². The van der Waals surface area contributed by atoms with Gasteiger partial charge in [-0.05, 0) is 54.5 Å². The third kappa shape index (κ3) is 6.06. The molecule has 1 N–H and O–H groups in total. The van der Waals surface area contributed by atoms with Gasteiger partial charge in [0.1, 0.15) is 11.8 Å². The number of amides is 2. The van der Waals surface area contributed by atoms with Gasteiger partial charge in [-0.3, -0.25) is 9.59 Å². The van der Waals surface area contributed by atoms with Gasteiger partial charge in [0, 0.05) is 17.5 Å². The van der Waals surface area contributed by atoms with Crippen LogP contribution in [0.15, 0.2) is 66.0 Å². The van der Waals surface area contributed by atoms with Crippen molar-refractivity contribution in [3.8, 4) is 5.75 Å². The second-order valence-corrected chi connectivity index (χ2v) is 9.96. The number of thiophene rings is 1. The van der Waals surface area contributed by atoms with E-state index < -0.39 is 6.04 Å². The molecule has 0 bridgehead atoms. The number of carbonyl (C=O) groups is 2. The summed E-state index contributed by atoms with van der Waals surface area (Å²) in [5, 5.41) is 5.21. The molecule has 0 spiro atoms. The Morgan fingerprint density at radius 1 is 1.06 bits per heavy atom. The SMILES string of the molecule is COc1ccc(CN(C(=O)Cc2cccs2)[C@@H](C(=O)NC2CCCC2)c2ccc(C)cc2)cc1. The van der Waals surface area contributed by atoms with Crippen molar-refractivity contribution in [1.29, 1.82) is 0 Å². The zero-order valence-corrected chi connectivity index (χ0v) is 20.6. The lowest BCUT2D eigenvalue weighted by Gasteiger charge is -2.32. The van der Waals surface area contributed by atoms with E-state index >= 15 is 0 Å². The minimum atomic E-state index is -0.698. The van der Waals surface area contributed by atoms with Gasteiger partial charge >= 0.3 is 0 Å². The van der Waals surface area contributed by atoms with Crippen molar-refractivity contribution in [1.82, 2.24) is 10.2 Å². The number of hydrogen-bond donors (Lipinski definition) is 1. The van der Waals surface area contributed by atoms with Crippen molar-refractivity contribution >= 4 is 23.2 Å². The van der Waals surface area contributed by atoms with Crippen LogP contribution >= 0.6 is 11.3 Å². The van der Waals surface area contributed by atoms with Crippen LogP contribution in [0.1, 0.15) is 53.3 Å². The van der Waals surface area contributed by atoms with Gasteiger partial charge in [0.25, 0.3) is 0 Å². The van der Waals surface area contributed by atoms with E-state index in [0.717, 1.165) is 53.0 Å². The monoisotopic (exact) mass is 476 g/mol. The van der Waals surface area contributed by atoms with E-state index in [1.54, 1.807) is 23.3 Å². The molecule has 0 radical (unpaired) electrons. The van der Waals surface area contributed by atoms with Crippen LogP contribution in [0.3, 0.4) is 0 Å². The Morgan fingerprint density at radius 3 is 2.38 bits per heavy atom. The minimum absolute atomic E-state index is 0.0644. The highest BCUT2D eigenvalue weighted by molar-refractivity contribution is 7.10. The average Bonchev–Trinajstić information content (AvgIpc) is 3.55. The van der Waals surface area contributed by atoms with E-state index in [2.05, 4.69) is 5.32 Å². The molecule has 1 fully saturated rings. The number of nitrogens with zero attached hydrogens (tertiary/aromatic N) is 1. The number of aryl methyl sites for hydroxylation is 1. The van der Waals surface area contributed by atoms with Crippen molar-refractivity contribution in [2.45, 2.75) is 57.7 Å². The number of hydrogen-bond acceptors (Lipinski definition) is 4. The molecule has 0 saturated heterocycles. The van der Waals surface area contributed by atoms with Crippen LogP contribution in [0.4, 0.5) is 0 Å². The van der Waals surface area contributed by atoms with Gasteiger partial charge < -0.3 is 15.0 Å². The smallest absolute Gasteiger partial charge is 0.247 e. The Bertz CT molecular complexity index is 1070. The van der Waals surface area contributed by atoms with E-state index in [1.807, 2.05) is 73.0 Å². The zero-order chi connectivity index (χ0) is 23.9. The Kier molecular flexibility index (Phi) is 8.01. The average molecular weight is 477 g/mol. The van der Waals surface area contributed by atoms with Crippen LogP contribution in [-0.4, -0.2) is 29.9 Å². The molecule has 178 valence electrons. The molecule has 0 unspecified atom stereocenters. The molecule has 6 heteroatoms. The lowest BCUT2D eigenvalue weighted by Crippen LogP contribution is -2.46. The number of carbonyl (C=O) groups excluding carboxylic acids is 2. The summed E-state index contributed by atoms with van der Waals surface area (Å²) in [7, 11) is 1.63. The molecule has 2 aromatic carbocycles. The van der Waals surface area contributed by atoms with Gasteiger partial charge in [-0.25, -0.2) is 0 Å². The third-order valence-corrected chi connectivity index (χ3v) is 7.27. The number of ether oxygens (including phenoxy) is 1. The topological polar surface area (TPSA) is 58.6 Å². The Hall–Kier alpha value is -3.12. The Morgan fingerprint density at radius 2 is 1.76 bits per heavy atom. The second-order valence-electron chi connectivity index (χ2n) is 8.93. The van der Waals surface area contributed by atoms with Gasteiger partial charge in [0.2, 0.25) is 11.8 Å². The first-order valence-corrected chi connectivity index (χ1v) is 12.7. The summed E-state index contributed by atoms with van der Waals surface area (Å²) >= 11 is 1.56. The van der Waals surface area contributed by atoms with Gasteiger partial charge in [-0.2, -0.15) is 0 Å². The Balaban J connectivity index is 1.68. The van der Waals surface area contributed by atoms with Crippen LogP contribution in [-0.2, 0) is 22.6 Å². The number of methoxy groups -OCH3 is 1. The predicted molar refractivity (Wildman–Crippen MR) is 136 cm³/mol. The first-order chi connectivity index (χ1) is 16.5. The highest BCUT2D eigenvalue weighted by Gasteiger charge is 2.33. The van der Waals surface area contributed by atoms with Crippen molar-refractivity contribution < 1.29 is 14.3 Å². The van der Waals surface area contributed by atoms with Gasteiger partial charge in [-0.15, -0.1) is 11.3 Å². The molecule has 1 heterocycles. The first kappa shape index (κ1) is 24.0. The molecule has 1 saturated carbocycles. The number of rotatable bonds is 9. The molecule has 1 aliphatic carbocycles. The quantitative estimate of drug-likeness (QED) is 0.448. The lowest BCUT2D eigenvalue weighted by molar-refractivity contribution is -0.141. The molecule has 1 atom stereocenters. The molecule has 3 aromatic rings. The van der Waals surface area contributed by atoms with Crippen molar-refractivity contribution in [3.63, 3.8) is 0 Å². The van der Waals surface area contributed by atoms with E-state index in [-0.39, 0.29) is 24.3 Å². The predicted octanol–water partition coefficient (Wildman–Crippen LogP) is 5.44. The fourth-order valence-electron chi connectivity index (χ4n) is 4.49. The molecule has 0 aliphatic heterocycles. The van der Waals surface area contributed by atoms with Crippen LogP contribution in [0.25, 0.3) is 0 Å². The molecule has 2 amide bonds. The normalized spacial score (nSPS) is 14.5. The molecule has 1 aliphatic rings. The van der Waals surface area contributed by atoms with Crippen LogP contribution in [0, 0.1) is 6.92 Å². The maximum atomic E-state index is 13.7. The summed E-state index contributed by atoms with van der Waals surface area (Å²) in [6, 6.07) is 19.0. The number of nitrogens with one attached hydrogen (secondary N) is 1. The van der Waals surface area contributed by atoms with Crippen LogP contribution in [0.5, 0.6) is 5.75 Å². The van der Waals surface area contributed by atoms with Crippen molar-refractivity contribution in [3.05, 3.63) is 87.6 Å². The maximum Gasteiger partial charge on any atom is 0.247 e. The number of benzene rings is 2.